The van der Waals surface area contributed by atoms with Crippen molar-refractivity contribution in [2.45, 2.75) is 43.3 Å². The molecule has 0 aliphatic heterocycles. The van der Waals surface area contributed by atoms with Gasteiger partial charge in [-0.1, -0.05) is 5.16 Å². The van der Waals surface area contributed by atoms with E-state index in [4.69, 9.17) is 10.3 Å². The number of hydrogen-bond acceptors (Lipinski definition) is 8. The van der Waals surface area contributed by atoms with E-state index >= 15 is 0 Å². The van der Waals surface area contributed by atoms with Crippen LogP contribution in [0.2, 0.25) is 0 Å². The number of carbonyl (C=O) groups excluding carboxylic acids is 1. The van der Waals surface area contributed by atoms with Crippen molar-refractivity contribution in [3.8, 4) is 11.3 Å². The number of halogens is 4. The molecular formula is C21H17F4N9O2. The van der Waals surface area contributed by atoms with E-state index in [1.54, 1.807) is 4.68 Å². The van der Waals surface area contributed by atoms with Gasteiger partial charge in [-0.3, -0.25) is 10.6 Å². The number of alkyl halides is 3. The van der Waals surface area contributed by atoms with Crippen LogP contribution in [0.5, 0.6) is 0 Å². The van der Waals surface area contributed by atoms with Gasteiger partial charge in [0.1, 0.15) is 28.9 Å². The molecule has 4 N–H and O–H groups in total. The molecule has 4 heterocycles. The van der Waals surface area contributed by atoms with E-state index in [2.05, 4.69) is 35.8 Å². The van der Waals surface area contributed by atoms with Gasteiger partial charge in [-0.2, -0.15) is 18.3 Å². The van der Waals surface area contributed by atoms with E-state index in [0.29, 0.717) is 22.3 Å². The van der Waals surface area contributed by atoms with Crippen molar-refractivity contribution in [2.75, 3.05) is 16.4 Å². The predicted octanol–water partition coefficient (Wildman–Crippen LogP) is 4.17. The number of carbonyl (C=O) groups is 1. The molecule has 186 valence electrons. The summed E-state index contributed by atoms with van der Waals surface area (Å²) in [6.45, 7) is 0. The Hall–Kier alpha value is -4.30. The lowest BCUT2D eigenvalue weighted by molar-refractivity contribution is -0.161. The molecule has 2 amide bonds. The number of pyridine rings is 1. The van der Waals surface area contributed by atoms with Crippen LogP contribution in [0.25, 0.3) is 22.3 Å². The standard InChI is InChI=1S/C21H17F4N9O2/c22-11-5-9(15-14-16(26)28-8-29-18(14)34(32-15)10-1-2-10)7-27-17(11)31-19(35)30-13-6-12(33-36-13)20(3-4-20)21(23,24)25/h5-8,10H,1-4H2,(H2,26,28,29)(H2,27,30,31,35). The summed E-state index contributed by atoms with van der Waals surface area (Å²) >= 11 is 0. The van der Waals surface area contributed by atoms with Crippen LogP contribution in [-0.2, 0) is 5.41 Å². The molecule has 15 heteroatoms. The normalized spacial score (nSPS) is 16.8. The van der Waals surface area contributed by atoms with Gasteiger partial charge < -0.3 is 10.3 Å². The molecule has 0 saturated heterocycles. The first-order valence-corrected chi connectivity index (χ1v) is 10.9. The maximum Gasteiger partial charge on any atom is 0.400 e. The van der Waals surface area contributed by atoms with E-state index in [1.807, 2.05) is 0 Å². The van der Waals surface area contributed by atoms with Gasteiger partial charge in [0.2, 0.25) is 5.88 Å². The Morgan fingerprint density at radius 2 is 1.94 bits per heavy atom. The van der Waals surface area contributed by atoms with Crippen molar-refractivity contribution in [3.05, 3.63) is 36.2 Å². The van der Waals surface area contributed by atoms with Crippen molar-refractivity contribution in [2.24, 2.45) is 0 Å². The number of nitrogens with zero attached hydrogens (tertiary/aromatic N) is 6. The maximum absolute atomic E-state index is 14.9. The number of aromatic nitrogens is 6. The smallest absolute Gasteiger partial charge is 0.383 e. The van der Waals surface area contributed by atoms with E-state index in [0.717, 1.165) is 25.0 Å². The number of amides is 2. The zero-order chi connectivity index (χ0) is 25.2. The van der Waals surface area contributed by atoms with Gasteiger partial charge in [0.25, 0.3) is 0 Å². The van der Waals surface area contributed by atoms with E-state index < -0.39 is 29.3 Å². The van der Waals surface area contributed by atoms with Crippen molar-refractivity contribution in [1.82, 2.24) is 29.9 Å². The molecular weight excluding hydrogens is 486 g/mol. The van der Waals surface area contributed by atoms with Gasteiger partial charge >= 0.3 is 12.2 Å². The second-order valence-corrected chi connectivity index (χ2v) is 8.77. The summed E-state index contributed by atoms with van der Waals surface area (Å²) in [7, 11) is 0. The first-order chi connectivity index (χ1) is 17.2. The van der Waals surface area contributed by atoms with Crippen LogP contribution in [0.1, 0.15) is 37.4 Å². The van der Waals surface area contributed by atoms with Gasteiger partial charge in [0.05, 0.1) is 11.4 Å². The van der Waals surface area contributed by atoms with Gasteiger partial charge in [0.15, 0.2) is 17.3 Å². The monoisotopic (exact) mass is 503 g/mol. The molecule has 6 rings (SSSR count). The van der Waals surface area contributed by atoms with Crippen molar-refractivity contribution >= 4 is 34.6 Å². The molecule has 2 aliphatic rings. The quantitative estimate of drug-likeness (QED) is 0.344. The topological polar surface area (TPSA) is 150 Å². The molecule has 0 unspecified atom stereocenters. The van der Waals surface area contributed by atoms with Gasteiger partial charge in [0, 0.05) is 17.8 Å². The minimum Gasteiger partial charge on any atom is -0.383 e. The summed E-state index contributed by atoms with van der Waals surface area (Å²) in [6, 6.07) is 1.33. The van der Waals surface area contributed by atoms with Crippen LogP contribution in [0.4, 0.5) is 39.9 Å². The third kappa shape index (κ3) is 3.58. The van der Waals surface area contributed by atoms with Crippen LogP contribution in [0.3, 0.4) is 0 Å². The van der Waals surface area contributed by atoms with Crippen LogP contribution in [0, 0.1) is 5.82 Å². The highest BCUT2D eigenvalue weighted by Crippen LogP contribution is 2.58. The summed E-state index contributed by atoms with van der Waals surface area (Å²) in [5, 5.41) is 12.8. The lowest BCUT2D eigenvalue weighted by atomic mass is 10.0. The third-order valence-electron chi connectivity index (χ3n) is 6.29. The molecule has 11 nitrogen and oxygen atoms in total. The molecule has 0 atom stereocenters. The highest BCUT2D eigenvalue weighted by molar-refractivity contribution is 6.00. The minimum atomic E-state index is -4.48. The summed E-state index contributed by atoms with van der Waals surface area (Å²) in [6.07, 6.45) is -0.184. The number of urea groups is 1. The highest BCUT2D eigenvalue weighted by Gasteiger charge is 2.66. The van der Waals surface area contributed by atoms with E-state index in [1.165, 1.54) is 12.5 Å². The molecule has 4 aromatic heterocycles. The molecule has 0 spiro atoms. The fraction of sp³-hybridized carbons (Fsp3) is 0.333. The highest BCUT2D eigenvalue weighted by atomic mass is 19.4. The number of nitrogen functional groups attached to an aromatic ring is 1. The zero-order valence-electron chi connectivity index (χ0n) is 18.3. The fourth-order valence-electron chi connectivity index (χ4n) is 4.05. The molecule has 36 heavy (non-hydrogen) atoms. The molecule has 0 radical (unpaired) electrons. The number of hydrogen-bond donors (Lipinski definition) is 3. The Kier molecular flexibility index (Phi) is 4.68. The Morgan fingerprint density at radius 3 is 2.61 bits per heavy atom. The average molecular weight is 503 g/mol. The van der Waals surface area contributed by atoms with Gasteiger partial charge in [-0.15, -0.1) is 0 Å². The Labute approximate surface area is 199 Å². The first kappa shape index (κ1) is 22.2. The number of anilines is 3. The zero-order valence-corrected chi connectivity index (χ0v) is 18.3. The lowest BCUT2D eigenvalue weighted by Gasteiger charge is -2.15. The number of fused-ring (bicyclic) bond motifs is 1. The summed E-state index contributed by atoms with van der Waals surface area (Å²) in [5.41, 5.74) is 4.84. The Balaban J connectivity index is 1.21. The minimum absolute atomic E-state index is 0.109. The van der Waals surface area contributed by atoms with Crippen LogP contribution in [0.15, 0.2) is 29.2 Å². The molecule has 4 aromatic rings. The molecule has 2 fully saturated rings. The number of rotatable bonds is 5. The lowest BCUT2D eigenvalue weighted by Crippen LogP contribution is -2.28. The second-order valence-electron chi connectivity index (χ2n) is 8.77. The van der Waals surface area contributed by atoms with Gasteiger partial charge in [-0.25, -0.2) is 28.8 Å². The second kappa shape index (κ2) is 7.60. The first-order valence-electron chi connectivity index (χ1n) is 10.9. The maximum atomic E-state index is 14.9. The molecule has 0 bridgehead atoms. The number of nitrogens with two attached hydrogens (primary N) is 1. The van der Waals surface area contributed by atoms with Crippen LogP contribution in [-0.4, -0.2) is 42.1 Å². The summed E-state index contributed by atoms with van der Waals surface area (Å²) in [4.78, 5) is 24.5. The molecule has 2 saturated carbocycles. The predicted molar refractivity (Wildman–Crippen MR) is 117 cm³/mol. The Morgan fingerprint density at radius 1 is 1.17 bits per heavy atom. The average Bonchev–Trinajstić information content (AvgIpc) is 3.74. The van der Waals surface area contributed by atoms with E-state index in [-0.39, 0.29) is 36.3 Å². The summed E-state index contributed by atoms with van der Waals surface area (Å²) < 4.78 is 61.1. The fourth-order valence-corrected chi connectivity index (χ4v) is 4.05. The van der Waals surface area contributed by atoms with Crippen molar-refractivity contribution < 1.29 is 26.9 Å². The summed E-state index contributed by atoms with van der Waals surface area (Å²) in [5.74, 6) is -1.42. The largest absolute Gasteiger partial charge is 0.400 e. The number of nitrogens with one attached hydrogen (secondary N) is 2. The third-order valence-corrected chi connectivity index (χ3v) is 6.29. The molecule has 2 aliphatic carbocycles. The Bertz CT molecular complexity index is 1510. The SMILES string of the molecule is Nc1ncnc2c1c(-c1cnc(NC(=O)Nc3cc(C4(C(F)(F)F)CC4)no3)c(F)c1)nn2C1CC1. The van der Waals surface area contributed by atoms with Crippen molar-refractivity contribution in [1.29, 1.82) is 0 Å². The van der Waals surface area contributed by atoms with Crippen LogP contribution >= 0.6 is 0 Å². The van der Waals surface area contributed by atoms with Crippen LogP contribution < -0.4 is 16.4 Å². The molecule has 0 aromatic carbocycles. The van der Waals surface area contributed by atoms with E-state index in [9.17, 15) is 22.4 Å². The van der Waals surface area contributed by atoms with Crippen molar-refractivity contribution in [3.63, 3.8) is 0 Å². The van der Waals surface area contributed by atoms with Gasteiger partial charge in [-0.05, 0) is 31.7 Å².